The maximum atomic E-state index is 9.02. The minimum absolute atomic E-state index is 0.740. The molecule has 1 aliphatic rings. The van der Waals surface area contributed by atoms with E-state index in [1.165, 1.54) is 5.56 Å². The van der Waals surface area contributed by atoms with Crippen molar-refractivity contribution in [1.82, 2.24) is 4.90 Å². The van der Waals surface area contributed by atoms with Gasteiger partial charge in [0.05, 0.1) is 0 Å². The highest BCUT2D eigenvalue weighted by Crippen LogP contribution is 2.14. The molecule has 1 aromatic carbocycles. The lowest BCUT2D eigenvalue weighted by Crippen LogP contribution is -2.32. The van der Waals surface area contributed by atoms with Crippen molar-refractivity contribution in [3.05, 3.63) is 47.4 Å². The third-order valence-electron chi connectivity index (χ3n) is 2.91. The van der Waals surface area contributed by atoms with E-state index in [0.717, 1.165) is 31.5 Å². The van der Waals surface area contributed by atoms with E-state index in [-0.39, 0.29) is 0 Å². The minimum Gasteiger partial charge on any atom is -0.423 e. The molecule has 4 heteroatoms. The van der Waals surface area contributed by atoms with Crippen molar-refractivity contribution < 1.29 is 10.0 Å². The molecule has 84 valence electrons. The highest BCUT2D eigenvalue weighted by molar-refractivity contribution is 6.50. The Hall–Kier alpha value is -1.10. The molecule has 1 aliphatic heterocycles. The molecule has 0 bridgehead atoms. The van der Waals surface area contributed by atoms with Crippen molar-refractivity contribution in [3.8, 4) is 0 Å². The molecule has 0 fully saturated rings. The quantitative estimate of drug-likeness (QED) is 0.737. The molecule has 0 atom stereocenters. The Bertz CT molecular complexity index is 365. The topological polar surface area (TPSA) is 43.7 Å². The highest BCUT2D eigenvalue weighted by Gasteiger charge is 2.19. The molecule has 1 aromatic rings. The Morgan fingerprint density at radius 2 is 1.94 bits per heavy atom. The zero-order chi connectivity index (χ0) is 11.4. The zero-order valence-electron chi connectivity index (χ0n) is 9.21. The van der Waals surface area contributed by atoms with E-state index >= 15 is 0 Å². The number of hydrogen-bond acceptors (Lipinski definition) is 3. The lowest BCUT2D eigenvalue weighted by Gasteiger charge is -2.26. The number of rotatable bonds is 3. The first-order valence-electron chi connectivity index (χ1n) is 5.57. The average molecular weight is 217 g/mol. The zero-order valence-corrected chi connectivity index (χ0v) is 9.21. The Kier molecular flexibility index (Phi) is 3.77. The van der Waals surface area contributed by atoms with Crippen LogP contribution in [0.25, 0.3) is 0 Å². The summed E-state index contributed by atoms with van der Waals surface area (Å²) in [5.74, 6) is 0. The van der Waals surface area contributed by atoms with Gasteiger partial charge >= 0.3 is 7.12 Å². The second kappa shape index (κ2) is 5.30. The van der Waals surface area contributed by atoms with E-state index in [2.05, 4.69) is 17.0 Å². The van der Waals surface area contributed by atoms with Crippen LogP contribution >= 0.6 is 0 Å². The summed E-state index contributed by atoms with van der Waals surface area (Å²) in [4.78, 5) is 2.29. The van der Waals surface area contributed by atoms with Gasteiger partial charge < -0.3 is 10.0 Å². The third-order valence-corrected chi connectivity index (χ3v) is 2.91. The maximum absolute atomic E-state index is 9.02. The van der Waals surface area contributed by atoms with Crippen LogP contribution in [0.5, 0.6) is 0 Å². The standard InChI is InChI=1S/C12H16BNO2/c15-13(16)12-6-8-14(9-7-12)10-11-4-2-1-3-5-11/h1-6,15-16H,7-10H2. The van der Waals surface area contributed by atoms with E-state index < -0.39 is 7.12 Å². The third kappa shape index (κ3) is 2.95. The first kappa shape index (κ1) is 11.4. The summed E-state index contributed by atoms with van der Waals surface area (Å²) in [5.41, 5.74) is 2.04. The fraction of sp³-hybridized carbons (Fsp3) is 0.333. The summed E-state index contributed by atoms with van der Waals surface area (Å²) < 4.78 is 0. The van der Waals surface area contributed by atoms with Crippen LogP contribution in [0.1, 0.15) is 12.0 Å². The van der Waals surface area contributed by atoms with Crippen LogP contribution in [0.4, 0.5) is 0 Å². The summed E-state index contributed by atoms with van der Waals surface area (Å²) >= 11 is 0. The smallest absolute Gasteiger partial charge is 0.423 e. The molecular formula is C12H16BNO2. The Balaban J connectivity index is 1.91. The van der Waals surface area contributed by atoms with E-state index in [1.54, 1.807) is 0 Å². The second-order valence-electron chi connectivity index (χ2n) is 4.12. The van der Waals surface area contributed by atoms with Gasteiger partial charge in [0.1, 0.15) is 0 Å². The summed E-state index contributed by atoms with van der Waals surface area (Å²) in [6.07, 6.45) is 2.65. The van der Waals surface area contributed by atoms with Crippen LogP contribution in [-0.4, -0.2) is 35.2 Å². The average Bonchev–Trinajstić information content (AvgIpc) is 2.31. The molecule has 0 unspecified atom stereocenters. The lowest BCUT2D eigenvalue weighted by molar-refractivity contribution is 0.284. The Morgan fingerprint density at radius 3 is 2.50 bits per heavy atom. The van der Waals surface area contributed by atoms with Crippen molar-refractivity contribution in [2.24, 2.45) is 0 Å². The predicted octanol–water partition coefficient (Wildman–Crippen LogP) is 0.831. The van der Waals surface area contributed by atoms with Gasteiger partial charge in [0, 0.05) is 19.6 Å². The molecule has 0 saturated carbocycles. The van der Waals surface area contributed by atoms with Crippen LogP contribution in [0.15, 0.2) is 41.9 Å². The molecule has 0 saturated heterocycles. The minimum atomic E-state index is -1.28. The molecule has 0 aliphatic carbocycles. The summed E-state index contributed by atoms with van der Waals surface area (Å²) in [6, 6.07) is 10.3. The van der Waals surface area contributed by atoms with E-state index in [0.29, 0.717) is 0 Å². The number of hydrogen-bond donors (Lipinski definition) is 2. The molecule has 16 heavy (non-hydrogen) atoms. The molecule has 0 amide bonds. The maximum Gasteiger partial charge on any atom is 0.483 e. The SMILES string of the molecule is OB(O)C1=CCN(Cc2ccccc2)CC1. The second-order valence-corrected chi connectivity index (χ2v) is 4.12. The first-order valence-corrected chi connectivity index (χ1v) is 5.57. The van der Waals surface area contributed by atoms with Crippen molar-refractivity contribution in [2.45, 2.75) is 13.0 Å². The summed E-state index contributed by atoms with van der Waals surface area (Å²) in [7, 11) is -1.28. The van der Waals surface area contributed by atoms with Gasteiger partial charge in [-0.15, -0.1) is 0 Å². The van der Waals surface area contributed by atoms with Gasteiger partial charge in [-0.25, -0.2) is 0 Å². The van der Waals surface area contributed by atoms with Gasteiger partial charge in [-0.05, 0) is 17.5 Å². The van der Waals surface area contributed by atoms with Crippen molar-refractivity contribution in [3.63, 3.8) is 0 Å². The van der Waals surface area contributed by atoms with Gasteiger partial charge in [-0.2, -0.15) is 0 Å². The van der Waals surface area contributed by atoms with E-state index in [4.69, 9.17) is 10.0 Å². The molecule has 2 rings (SSSR count). The predicted molar refractivity (Wildman–Crippen MR) is 64.6 cm³/mol. The lowest BCUT2D eigenvalue weighted by atomic mass is 9.76. The molecule has 0 radical (unpaired) electrons. The van der Waals surface area contributed by atoms with E-state index in [9.17, 15) is 0 Å². The molecule has 0 spiro atoms. The number of nitrogens with zero attached hydrogens (tertiary/aromatic N) is 1. The summed E-state index contributed by atoms with van der Waals surface area (Å²) in [5, 5.41) is 18.0. The highest BCUT2D eigenvalue weighted by atomic mass is 16.4. The fourth-order valence-electron chi connectivity index (χ4n) is 1.95. The molecule has 3 nitrogen and oxygen atoms in total. The first-order chi connectivity index (χ1) is 7.75. The molecule has 0 aromatic heterocycles. The van der Waals surface area contributed by atoms with Crippen molar-refractivity contribution in [1.29, 1.82) is 0 Å². The van der Waals surface area contributed by atoms with Crippen molar-refractivity contribution >= 4 is 7.12 Å². The largest absolute Gasteiger partial charge is 0.483 e. The van der Waals surface area contributed by atoms with Gasteiger partial charge in [0.2, 0.25) is 0 Å². The van der Waals surface area contributed by atoms with Crippen LogP contribution < -0.4 is 0 Å². The van der Waals surface area contributed by atoms with Gasteiger partial charge in [0.15, 0.2) is 0 Å². The van der Waals surface area contributed by atoms with Crippen LogP contribution in [0.3, 0.4) is 0 Å². The number of benzene rings is 1. The van der Waals surface area contributed by atoms with E-state index in [1.807, 2.05) is 24.3 Å². The Labute approximate surface area is 96.2 Å². The van der Waals surface area contributed by atoms with Gasteiger partial charge in [-0.1, -0.05) is 36.4 Å². The normalized spacial score (nSPS) is 17.0. The summed E-state index contributed by atoms with van der Waals surface area (Å²) in [6.45, 7) is 2.60. The van der Waals surface area contributed by atoms with Gasteiger partial charge in [-0.3, -0.25) is 4.90 Å². The van der Waals surface area contributed by atoms with Crippen LogP contribution in [0.2, 0.25) is 0 Å². The van der Waals surface area contributed by atoms with Crippen LogP contribution in [-0.2, 0) is 6.54 Å². The molecule has 1 heterocycles. The fourth-order valence-corrected chi connectivity index (χ4v) is 1.95. The van der Waals surface area contributed by atoms with Gasteiger partial charge in [0.25, 0.3) is 0 Å². The Morgan fingerprint density at radius 1 is 1.19 bits per heavy atom. The van der Waals surface area contributed by atoms with Crippen molar-refractivity contribution in [2.75, 3.05) is 13.1 Å². The monoisotopic (exact) mass is 217 g/mol. The molecule has 2 N–H and O–H groups in total. The molecular weight excluding hydrogens is 201 g/mol. The van der Waals surface area contributed by atoms with Crippen LogP contribution in [0, 0.1) is 0 Å².